The van der Waals surface area contributed by atoms with E-state index in [9.17, 15) is 0 Å². The minimum absolute atomic E-state index is 0.684. The molecule has 0 bridgehead atoms. The first-order valence-electron chi connectivity index (χ1n) is 15.8. The quantitative estimate of drug-likeness (QED) is 0.196. The van der Waals surface area contributed by atoms with E-state index >= 15 is 0 Å². The number of benzene rings is 4. The molecular weight excluding hydrogens is 605 g/mol. The molecular formula is C41H37Cl2N3. The van der Waals surface area contributed by atoms with E-state index in [-0.39, 0.29) is 0 Å². The predicted molar refractivity (Wildman–Crippen MR) is 195 cm³/mol. The van der Waals surface area contributed by atoms with E-state index in [0.29, 0.717) is 10.1 Å². The largest absolute Gasteiger partial charge is 0.325 e. The molecule has 1 fully saturated rings. The van der Waals surface area contributed by atoms with Crippen LogP contribution in [0.5, 0.6) is 0 Å². The van der Waals surface area contributed by atoms with Crippen molar-refractivity contribution in [3.8, 4) is 0 Å². The zero-order valence-corrected chi connectivity index (χ0v) is 28.7. The minimum atomic E-state index is 0.684. The van der Waals surface area contributed by atoms with Gasteiger partial charge in [0, 0.05) is 69.0 Å². The summed E-state index contributed by atoms with van der Waals surface area (Å²) >= 11 is 14.4. The van der Waals surface area contributed by atoms with Crippen molar-refractivity contribution in [2.24, 2.45) is 0 Å². The Hall–Kier alpha value is -4.31. The molecule has 0 spiro atoms. The highest BCUT2D eigenvalue weighted by Crippen LogP contribution is 2.48. The minimum Gasteiger partial charge on any atom is -0.325 e. The summed E-state index contributed by atoms with van der Waals surface area (Å²) in [5.74, 6) is 1.14. The summed E-state index contributed by atoms with van der Waals surface area (Å²) in [6, 6.07) is 27.7. The van der Waals surface area contributed by atoms with Gasteiger partial charge in [0.25, 0.3) is 0 Å². The number of allylic oxidation sites excluding steroid dienone is 1. The second-order valence-electron chi connectivity index (χ2n) is 12.6. The third-order valence-electron chi connectivity index (χ3n) is 9.23. The summed E-state index contributed by atoms with van der Waals surface area (Å²) in [5.41, 5.74) is 15.0. The SMILES string of the molecule is Cc1cc(C)c(N2CCN(c3c(C)cc(C)cc3C)C2=c2ccncc2=C2C(Cl)=C(c3ccccc3)c3c(Cl)cccc32)c(C)c1. The van der Waals surface area contributed by atoms with Gasteiger partial charge >= 0.3 is 0 Å². The van der Waals surface area contributed by atoms with Crippen molar-refractivity contribution in [3.63, 3.8) is 0 Å². The van der Waals surface area contributed by atoms with Crippen molar-refractivity contribution in [3.05, 3.63) is 162 Å². The van der Waals surface area contributed by atoms with E-state index in [2.05, 4.69) is 99.9 Å². The van der Waals surface area contributed by atoms with Crippen molar-refractivity contribution in [2.75, 3.05) is 22.9 Å². The van der Waals surface area contributed by atoms with E-state index in [1.54, 1.807) is 0 Å². The predicted octanol–water partition coefficient (Wildman–Crippen LogP) is 8.89. The summed E-state index contributed by atoms with van der Waals surface area (Å²) < 4.78 is 0. The number of pyridine rings is 1. The maximum atomic E-state index is 7.49. The summed E-state index contributed by atoms with van der Waals surface area (Å²) in [5, 5.41) is 3.44. The number of hydrogen-bond acceptors (Lipinski definition) is 3. The number of hydrogen-bond donors (Lipinski definition) is 0. The summed E-state index contributed by atoms with van der Waals surface area (Å²) in [4.78, 5) is 9.70. The molecule has 1 saturated heterocycles. The molecule has 7 rings (SSSR count). The Morgan fingerprint density at radius 1 is 0.609 bits per heavy atom. The van der Waals surface area contributed by atoms with E-state index in [1.807, 2.05) is 42.7 Å². The van der Waals surface area contributed by atoms with Gasteiger partial charge in [-0.1, -0.05) is 101 Å². The van der Waals surface area contributed by atoms with Crippen LogP contribution in [0.4, 0.5) is 11.4 Å². The lowest BCUT2D eigenvalue weighted by Crippen LogP contribution is -2.39. The van der Waals surface area contributed by atoms with E-state index < -0.39 is 0 Å². The van der Waals surface area contributed by atoms with Gasteiger partial charge in [-0.2, -0.15) is 0 Å². The molecule has 5 aromatic rings. The lowest BCUT2D eigenvalue weighted by molar-refractivity contribution is 1.01. The summed E-state index contributed by atoms with van der Waals surface area (Å²) in [6.07, 6.45) is 3.87. The Morgan fingerprint density at radius 2 is 1.17 bits per heavy atom. The van der Waals surface area contributed by atoms with Crippen LogP contribution in [-0.4, -0.2) is 18.1 Å². The van der Waals surface area contributed by atoms with E-state index in [4.69, 9.17) is 28.2 Å². The van der Waals surface area contributed by atoms with Crippen molar-refractivity contribution >= 4 is 51.5 Å². The Bertz CT molecular complexity index is 2080. The molecule has 5 heteroatoms. The summed E-state index contributed by atoms with van der Waals surface area (Å²) in [6.45, 7) is 14.9. The monoisotopic (exact) mass is 641 g/mol. The van der Waals surface area contributed by atoms with Gasteiger partial charge in [-0.3, -0.25) is 4.98 Å². The Kier molecular flexibility index (Phi) is 7.79. The molecule has 2 aliphatic rings. The number of aromatic nitrogens is 1. The highest BCUT2D eigenvalue weighted by atomic mass is 35.5. The molecule has 0 saturated carbocycles. The lowest BCUT2D eigenvalue weighted by atomic mass is 9.98. The lowest BCUT2D eigenvalue weighted by Gasteiger charge is -2.30. The standard InChI is InChI=1S/C41H37Cl2N3/c1-24-19-26(3)39(27(4)20-24)45-17-18-46(40-28(5)21-25(2)22-29(40)6)41(45)31-15-16-44-23-33(31)36-32-13-10-14-34(42)37(32)35(38(36)43)30-11-8-7-9-12-30/h7-16,19-23H,17-18H2,1-6H3. The zero-order chi connectivity index (χ0) is 32.3. The van der Waals surface area contributed by atoms with Crippen LogP contribution in [0, 0.1) is 41.5 Å². The Balaban J connectivity index is 1.64. The molecule has 0 N–H and O–H groups in total. The molecule has 1 aromatic heterocycles. The van der Waals surface area contributed by atoms with Crippen molar-refractivity contribution in [1.29, 1.82) is 0 Å². The molecule has 1 aliphatic heterocycles. The molecule has 2 heterocycles. The van der Waals surface area contributed by atoms with Crippen LogP contribution in [0.15, 0.2) is 96.3 Å². The van der Waals surface area contributed by atoms with Crippen LogP contribution in [0.1, 0.15) is 50.1 Å². The fraction of sp³-hybridized carbons (Fsp3) is 0.195. The van der Waals surface area contributed by atoms with Crippen LogP contribution >= 0.6 is 23.2 Å². The average molecular weight is 643 g/mol. The fourth-order valence-electron chi connectivity index (χ4n) is 7.75. The molecule has 1 aliphatic carbocycles. The second-order valence-corrected chi connectivity index (χ2v) is 13.4. The average Bonchev–Trinajstić information content (AvgIpc) is 3.55. The molecule has 0 amide bonds. The van der Waals surface area contributed by atoms with E-state index in [0.717, 1.165) is 57.2 Å². The molecule has 0 radical (unpaired) electrons. The fourth-order valence-corrected chi connectivity index (χ4v) is 8.42. The first-order chi connectivity index (χ1) is 22.2. The molecule has 4 aromatic carbocycles. The highest BCUT2D eigenvalue weighted by molar-refractivity contribution is 6.44. The first kappa shape index (κ1) is 30.3. The van der Waals surface area contributed by atoms with Gasteiger partial charge in [0.1, 0.15) is 5.82 Å². The second kappa shape index (κ2) is 11.8. The zero-order valence-electron chi connectivity index (χ0n) is 27.2. The molecule has 230 valence electrons. The van der Waals surface area contributed by atoms with Gasteiger partial charge in [0.05, 0.1) is 5.03 Å². The van der Waals surface area contributed by atoms with Crippen molar-refractivity contribution in [1.82, 2.24) is 4.98 Å². The smallest absolute Gasteiger partial charge is 0.121 e. The summed E-state index contributed by atoms with van der Waals surface area (Å²) in [7, 11) is 0. The third-order valence-corrected chi connectivity index (χ3v) is 9.93. The van der Waals surface area contributed by atoms with Gasteiger partial charge in [-0.25, -0.2) is 0 Å². The van der Waals surface area contributed by atoms with Gasteiger partial charge in [-0.15, -0.1) is 0 Å². The van der Waals surface area contributed by atoms with Gasteiger partial charge in [0.2, 0.25) is 0 Å². The van der Waals surface area contributed by atoms with Crippen LogP contribution < -0.4 is 20.2 Å². The third kappa shape index (κ3) is 4.94. The van der Waals surface area contributed by atoms with Crippen LogP contribution in [-0.2, 0) is 0 Å². The first-order valence-corrected chi connectivity index (χ1v) is 16.6. The Labute approximate surface area is 281 Å². The number of aryl methyl sites for hydroxylation is 6. The number of nitrogens with zero attached hydrogens (tertiary/aromatic N) is 3. The van der Waals surface area contributed by atoms with Crippen LogP contribution in [0.25, 0.3) is 17.0 Å². The number of anilines is 2. The number of halogens is 2. The molecule has 0 atom stereocenters. The normalized spacial score (nSPS) is 15.7. The van der Waals surface area contributed by atoms with Gasteiger partial charge in [-0.05, 0) is 87.1 Å². The number of fused-ring (bicyclic) bond motifs is 1. The van der Waals surface area contributed by atoms with Crippen LogP contribution in [0.2, 0.25) is 5.02 Å². The maximum absolute atomic E-state index is 7.49. The number of rotatable bonds is 3. The van der Waals surface area contributed by atoms with E-state index in [1.165, 1.54) is 44.8 Å². The van der Waals surface area contributed by atoms with Gasteiger partial charge < -0.3 is 9.80 Å². The topological polar surface area (TPSA) is 19.4 Å². The van der Waals surface area contributed by atoms with Gasteiger partial charge in [0.15, 0.2) is 0 Å². The molecule has 46 heavy (non-hydrogen) atoms. The van der Waals surface area contributed by atoms with Crippen molar-refractivity contribution in [2.45, 2.75) is 41.5 Å². The highest BCUT2D eigenvalue weighted by Gasteiger charge is 2.33. The van der Waals surface area contributed by atoms with Crippen molar-refractivity contribution < 1.29 is 0 Å². The molecule has 3 nitrogen and oxygen atoms in total. The Morgan fingerprint density at radius 3 is 1.74 bits per heavy atom. The maximum Gasteiger partial charge on any atom is 0.121 e. The molecule has 0 unspecified atom stereocenters. The van der Waals surface area contributed by atoms with Crippen LogP contribution in [0.3, 0.4) is 0 Å².